The van der Waals surface area contributed by atoms with Gasteiger partial charge in [0, 0.05) is 10.0 Å². The molecule has 2 nitrogen and oxygen atoms in total. The number of ether oxygens (including phenoxy) is 1. The van der Waals surface area contributed by atoms with E-state index in [9.17, 15) is 0 Å². The van der Waals surface area contributed by atoms with Crippen LogP contribution in [0.1, 0.15) is 25.0 Å². The summed E-state index contributed by atoms with van der Waals surface area (Å²) < 4.78 is 6.91. The van der Waals surface area contributed by atoms with Crippen LogP contribution in [0.25, 0.3) is 0 Å². The zero-order valence-corrected chi connectivity index (χ0v) is 12.8. The van der Waals surface area contributed by atoms with E-state index in [0.717, 1.165) is 16.5 Å². The van der Waals surface area contributed by atoms with Crippen LogP contribution in [0.3, 0.4) is 0 Å². The Kier molecular flexibility index (Phi) is 5.10. The highest BCUT2D eigenvalue weighted by atomic mass is 79.9. The molecule has 1 aromatic carbocycles. The molecule has 0 saturated carbocycles. The van der Waals surface area contributed by atoms with E-state index in [1.54, 1.807) is 0 Å². The molecule has 0 bridgehead atoms. The lowest BCUT2D eigenvalue weighted by Crippen LogP contribution is -2.00. The molecule has 1 rings (SSSR count). The second-order valence-corrected chi connectivity index (χ2v) is 4.99. The number of halogens is 3. The SMILES string of the molecule is CCOc1c(Br)c(C#N)c(Cl)c(Br)c1CC. The van der Waals surface area contributed by atoms with Gasteiger partial charge in [-0.05, 0) is 45.2 Å². The Morgan fingerprint density at radius 3 is 2.38 bits per heavy atom. The van der Waals surface area contributed by atoms with E-state index in [1.807, 2.05) is 13.8 Å². The van der Waals surface area contributed by atoms with Crippen LogP contribution < -0.4 is 4.74 Å². The van der Waals surface area contributed by atoms with Gasteiger partial charge in [0.05, 0.1) is 21.7 Å². The minimum absolute atomic E-state index is 0.397. The molecule has 16 heavy (non-hydrogen) atoms. The summed E-state index contributed by atoms with van der Waals surface area (Å²) in [5, 5.41) is 9.46. The molecule has 0 aliphatic rings. The lowest BCUT2D eigenvalue weighted by atomic mass is 10.1. The van der Waals surface area contributed by atoms with E-state index in [4.69, 9.17) is 21.6 Å². The molecule has 0 aromatic heterocycles. The van der Waals surface area contributed by atoms with Crippen molar-refractivity contribution < 1.29 is 4.74 Å². The fraction of sp³-hybridized carbons (Fsp3) is 0.364. The van der Waals surface area contributed by atoms with Crippen LogP contribution in [0.2, 0.25) is 5.02 Å². The average molecular weight is 367 g/mol. The molecule has 0 saturated heterocycles. The molecule has 0 heterocycles. The summed E-state index contributed by atoms with van der Waals surface area (Å²) in [5.74, 6) is 0.692. The van der Waals surface area contributed by atoms with Crippen molar-refractivity contribution in [2.45, 2.75) is 20.3 Å². The molecule has 0 fully saturated rings. The van der Waals surface area contributed by atoms with Crippen molar-refractivity contribution in [1.82, 2.24) is 0 Å². The highest BCUT2D eigenvalue weighted by Gasteiger charge is 2.20. The number of hydrogen-bond donors (Lipinski definition) is 0. The summed E-state index contributed by atoms with van der Waals surface area (Å²) in [4.78, 5) is 0. The lowest BCUT2D eigenvalue weighted by molar-refractivity contribution is 0.334. The molecule has 0 unspecified atom stereocenters. The summed E-state index contributed by atoms with van der Waals surface area (Å²) >= 11 is 12.9. The predicted molar refractivity (Wildman–Crippen MR) is 72.1 cm³/mol. The van der Waals surface area contributed by atoms with Crippen molar-refractivity contribution in [3.05, 3.63) is 25.1 Å². The first-order chi connectivity index (χ1) is 7.58. The van der Waals surface area contributed by atoms with Gasteiger partial charge in [-0.3, -0.25) is 0 Å². The standard InChI is InChI=1S/C11H10Br2ClNO/c1-3-6-8(12)10(14)7(5-15)9(13)11(6)16-4-2/h3-4H2,1-2H3. The molecular formula is C11H10Br2ClNO. The average Bonchev–Trinajstić information content (AvgIpc) is 2.27. The fourth-order valence-electron chi connectivity index (χ4n) is 1.39. The van der Waals surface area contributed by atoms with Crippen molar-refractivity contribution in [3.63, 3.8) is 0 Å². The van der Waals surface area contributed by atoms with Crippen LogP contribution in [0.5, 0.6) is 5.75 Å². The van der Waals surface area contributed by atoms with E-state index in [1.165, 1.54) is 0 Å². The smallest absolute Gasteiger partial charge is 0.139 e. The molecule has 86 valence electrons. The summed E-state index contributed by atoms with van der Waals surface area (Å²) in [6, 6.07) is 2.07. The molecule has 5 heteroatoms. The topological polar surface area (TPSA) is 33.0 Å². The molecule has 0 aliphatic heterocycles. The first kappa shape index (κ1) is 13.8. The third-order valence-corrected chi connectivity index (χ3v) is 4.36. The molecule has 0 N–H and O–H groups in total. The summed E-state index contributed by atoms with van der Waals surface area (Å²) in [6.07, 6.45) is 0.778. The van der Waals surface area contributed by atoms with Crippen molar-refractivity contribution in [3.8, 4) is 11.8 Å². The molecule has 1 aromatic rings. The highest BCUT2D eigenvalue weighted by Crippen LogP contribution is 2.43. The molecule has 0 spiro atoms. The number of nitriles is 1. The van der Waals surface area contributed by atoms with Crippen molar-refractivity contribution in [1.29, 1.82) is 5.26 Å². The predicted octanol–water partition coefficient (Wildman–Crippen LogP) is 4.70. The number of nitrogens with zero attached hydrogens (tertiary/aromatic N) is 1. The Morgan fingerprint density at radius 2 is 1.94 bits per heavy atom. The van der Waals surface area contributed by atoms with Gasteiger partial charge in [0.15, 0.2) is 0 Å². The van der Waals surface area contributed by atoms with Crippen LogP contribution in [-0.2, 0) is 6.42 Å². The van der Waals surface area contributed by atoms with Gasteiger partial charge in [-0.15, -0.1) is 0 Å². The minimum Gasteiger partial charge on any atom is -0.492 e. The van der Waals surface area contributed by atoms with Crippen LogP contribution in [0.4, 0.5) is 0 Å². The minimum atomic E-state index is 0.397. The molecule has 0 aliphatic carbocycles. The van der Waals surface area contributed by atoms with E-state index >= 15 is 0 Å². The summed E-state index contributed by atoms with van der Waals surface area (Å²) in [7, 11) is 0. The Balaban J connectivity index is 3.58. The van der Waals surface area contributed by atoms with Gasteiger partial charge in [0.1, 0.15) is 11.8 Å². The zero-order chi connectivity index (χ0) is 12.3. The van der Waals surface area contributed by atoms with Gasteiger partial charge in [-0.2, -0.15) is 5.26 Å². The van der Waals surface area contributed by atoms with Gasteiger partial charge in [0.2, 0.25) is 0 Å². The number of benzene rings is 1. The lowest BCUT2D eigenvalue weighted by Gasteiger charge is -2.15. The van der Waals surface area contributed by atoms with E-state index in [2.05, 4.69) is 37.9 Å². The van der Waals surface area contributed by atoms with Crippen LogP contribution in [0.15, 0.2) is 8.95 Å². The molecular weight excluding hydrogens is 357 g/mol. The van der Waals surface area contributed by atoms with Gasteiger partial charge < -0.3 is 4.74 Å². The van der Waals surface area contributed by atoms with Crippen LogP contribution in [0, 0.1) is 11.3 Å². The summed E-state index contributed by atoms with van der Waals surface area (Å²) in [5.41, 5.74) is 1.37. The first-order valence-corrected chi connectivity index (χ1v) is 6.77. The largest absolute Gasteiger partial charge is 0.492 e. The van der Waals surface area contributed by atoms with Gasteiger partial charge in [0.25, 0.3) is 0 Å². The molecule has 0 atom stereocenters. The Bertz CT molecular complexity index is 451. The second kappa shape index (κ2) is 5.90. The normalized spacial score (nSPS) is 10.0. The molecule has 0 amide bonds. The second-order valence-electron chi connectivity index (χ2n) is 3.02. The van der Waals surface area contributed by atoms with Crippen molar-refractivity contribution >= 4 is 43.5 Å². The van der Waals surface area contributed by atoms with Gasteiger partial charge in [-0.25, -0.2) is 0 Å². The Morgan fingerprint density at radius 1 is 1.31 bits per heavy atom. The van der Waals surface area contributed by atoms with E-state index in [0.29, 0.717) is 27.4 Å². The third kappa shape index (κ3) is 2.37. The van der Waals surface area contributed by atoms with E-state index in [-0.39, 0.29) is 0 Å². The third-order valence-electron chi connectivity index (χ3n) is 2.12. The fourth-order valence-corrected chi connectivity index (χ4v) is 3.06. The van der Waals surface area contributed by atoms with Crippen LogP contribution >= 0.6 is 43.5 Å². The highest BCUT2D eigenvalue weighted by molar-refractivity contribution is 9.11. The summed E-state index contributed by atoms with van der Waals surface area (Å²) in [6.45, 7) is 4.46. The monoisotopic (exact) mass is 365 g/mol. The number of rotatable bonds is 3. The van der Waals surface area contributed by atoms with Gasteiger partial charge >= 0.3 is 0 Å². The van der Waals surface area contributed by atoms with Crippen molar-refractivity contribution in [2.75, 3.05) is 6.61 Å². The maximum Gasteiger partial charge on any atom is 0.139 e. The quantitative estimate of drug-likeness (QED) is 0.726. The van der Waals surface area contributed by atoms with E-state index < -0.39 is 0 Å². The molecule has 0 radical (unpaired) electrons. The van der Waals surface area contributed by atoms with Crippen LogP contribution in [-0.4, -0.2) is 6.61 Å². The Hall–Kier alpha value is -0.240. The maximum atomic E-state index is 9.04. The zero-order valence-electron chi connectivity index (χ0n) is 8.90. The van der Waals surface area contributed by atoms with Crippen molar-refractivity contribution in [2.24, 2.45) is 0 Å². The van der Waals surface area contributed by atoms with Gasteiger partial charge in [-0.1, -0.05) is 18.5 Å². The maximum absolute atomic E-state index is 9.04. The first-order valence-electron chi connectivity index (χ1n) is 4.80. The number of hydrogen-bond acceptors (Lipinski definition) is 2. The Labute approximate surface area is 117 Å².